The maximum absolute atomic E-state index is 12.8. The second-order valence-corrected chi connectivity index (χ2v) is 8.30. The van der Waals surface area contributed by atoms with Crippen molar-refractivity contribution in [2.75, 3.05) is 26.8 Å². The fourth-order valence-electron chi connectivity index (χ4n) is 3.25. The Labute approximate surface area is 159 Å². The van der Waals surface area contributed by atoms with E-state index >= 15 is 0 Å². The van der Waals surface area contributed by atoms with E-state index in [-0.39, 0.29) is 22.8 Å². The van der Waals surface area contributed by atoms with Crippen LogP contribution in [0.15, 0.2) is 41.3 Å². The van der Waals surface area contributed by atoms with Crippen molar-refractivity contribution in [3.05, 3.63) is 41.4 Å². The Balaban J connectivity index is 0.00000225. The second-order valence-electron chi connectivity index (χ2n) is 6.16. The van der Waals surface area contributed by atoms with Gasteiger partial charge in [0.2, 0.25) is 10.0 Å². The predicted octanol–water partition coefficient (Wildman–Crippen LogP) is 2.96. The van der Waals surface area contributed by atoms with Gasteiger partial charge in [-0.05, 0) is 31.5 Å². The number of hydrogen-bond donors (Lipinski definition) is 2. The van der Waals surface area contributed by atoms with Gasteiger partial charge in [-0.3, -0.25) is 0 Å². The van der Waals surface area contributed by atoms with Gasteiger partial charge in [0.15, 0.2) is 0 Å². The lowest BCUT2D eigenvalue weighted by molar-refractivity contribution is 0.122. The third kappa shape index (κ3) is 4.27. The Bertz CT molecular complexity index is 837. The van der Waals surface area contributed by atoms with E-state index in [1.807, 2.05) is 18.2 Å². The summed E-state index contributed by atoms with van der Waals surface area (Å²) in [5.41, 5.74) is -0.343. The van der Waals surface area contributed by atoms with Crippen LogP contribution in [0.2, 0.25) is 5.02 Å². The number of methoxy groups -OCH3 is 1. The van der Waals surface area contributed by atoms with Crippen molar-refractivity contribution >= 4 is 44.8 Å². The normalized spacial score (nSPS) is 20.6. The minimum atomic E-state index is -3.65. The molecule has 0 amide bonds. The van der Waals surface area contributed by atoms with Crippen LogP contribution in [-0.2, 0) is 14.8 Å². The second kappa shape index (κ2) is 8.20. The number of fused-ring (bicyclic) bond motifs is 1. The molecule has 8 heteroatoms. The summed E-state index contributed by atoms with van der Waals surface area (Å²) in [5, 5.41) is 5.26. The molecule has 0 bridgehead atoms. The number of sulfonamides is 1. The molecule has 138 valence electrons. The minimum Gasteiger partial charge on any atom is -0.383 e. The predicted molar refractivity (Wildman–Crippen MR) is 103 cm³/mol. The van der Waals surface area contributed by atoms with Crippen molar-refractivity contribution in [1.29, 1.82) is 0 Å². The fourth-order valence-corrected chi connectivity index (χ4v) is 4.81. The zero-order chi connectivity index (χ0) is 17.2. The molecule has 2 aromatic carbocycles. The highest BCUT2D eigenvalue weighted by Crippen LogP contribution is 2.29. The average molecular weight is 405 g/mol. The van der Waals surface area contributed by atoms with Gasteiger partial charge in [0, 0.05) is 29.4 Å². The summed E-state index contributed by atoms with van der Waals surface area (Å²) in [7, 11) is -2.02. The molecular weight excluding hydrogens is 383 g/mol. The van der Waals surface area contributed by atoms with E-state index in [0.29, 0.717) is 23.6 Å². The topological polar surface area (TPSA) is 67.4 Å². The molecule has 1 aliphatic rings. The lowest BCUT2D eigenvalue weighted by atomic mass is 9.99. The summed E-state index contributed by atoms with van der Waals surface area (Å²) in [6.07, 6.45) is 1.89. The first-order valence-corrected chi connectivity index (χ1v) is 9.74. The number of benzene rings is 2. The smallest absolute Gasteiger partial charge is 0.241 e. The molecule has 5 nitrogen and oxygen atoms in total. The van der Waals surface area contributed by atoms with E-state index in [0.717, 1.165) is 24.8 Å². The van der Waals surface area contributed by atoms with Gasteiger partial charge in [-0.25, -0.2) is 13.1 Å². The van der Waals surface area contributed by atoms with E-state index in [4.69, 9.17) is 16.3 Å². The van der Waals surface area contributed by atoms with Gasteiger partial charge in [0.25, 0.3) is 0 Å². The fraction of sp³-hybridized carbons (Fsp3) is 0.412. The minimum absolute atomic E-state index is 0. The van der Waals surface area contributed by atoms with Crippen LogP contribution in [0.1, 0.15) is 12.8 Å². The summed E-state index contributed by atoms with van der Waals surface area (Å²) in [4.78, 5) is 0.244. The molecule has 0 aromatic heterocycles. The first-order chi connectivity index (χ1) is 11.5. The maximum Gasteiger partial charge on any atom is 0.241 e. The van der Waals surface area contributed by atoms with Crippen LogP contribution in [0, 0.1) is 0 Å². The third-order valence-corrected chi connectivity index (χ3v) is 6.26. The summed E-state index contributed by atoms with van der Waals surface area (Å²) in [6.45, 7) is 1.63. The van der Waals surface area contributed by atoms with Crippen molar-refractivity contribution in [1.82, 2.24) is 10.0 Å². The molecule has 1 fully saturated rings. The number of ether oxygens (including phenoxy) is 1. The molecule has 0 saturated carbocycles. The number of hydrogen-bond acceptors (Lipinski definition) is 4. The van der Waals surface area contributed by atoms with Crippen molar-refractivity contribution in [3.63, 3.8) is 0 Å². The highest BCUT2D eigenvalue weighted by atomic mass is 35.5. The molecule has 1 saturated heterocycles. The Morgan fingerprint density at radius 1 is 1.24 bits per heavy atom. The van der Waals surface area contributed by atoms with E-state index in [1.54, 1.807) is 25.3 Å². The lowest BCUT2D eigenvalue weighted by Crippen LogP contribution is -2.52. The van der Waals surface area contributed by atoms with Gasteiger partial charge in [-0.15, -0.1) is 12.4 Å². The lowest BCUT2D eigenvalue weighted by Gasteiger charge is -2.29. The summed E-state index contributed by atoms with van der Waals surface area (Å²) in [5.74, 6) is 0. The molecule has 1 aliphatic heterocycles. The van der Waals surface area contributed by atoms with Gasteiger partial charge < -0.3 is 10.1 Å². The maximum atomic E-state index is 12.8. The summed E-state index contributed by atoms with van der Waals surface area (Å²) in [6, 6.07) is 10.4. The summed E-state index contributed by atoms with van der Waals surface area (Å²) < 4.78 is 33.7. The van der Waals surface area contributed by atoms with Crippen LogP contribution in [0.5, 0.6) is 0 Å². The zero-order valence-corrected chi connectivity index (χ0v) is 16.3. The van der Waals surface area contributed by atoms with Crippen molar-refractivity contribution in [3.8, 4) is 0 Å². The monoisotopic (exact) mass is 404 g/mol. The quantitative estimate of drug-likeness (QED) is 0.776. The SMILES string of the molecule is COCC1(CNS(=O)(=O)c2ccc(Cl)c3ccccc23)CCCN1.Cl. The molecule has 0 aliphatic carbocycles. The molecule has 2 N–H and O–H groups in total. The Kier molecular flexibility index (Phi) is 6.70. The molecule has 3 rings (SSSR count). The van der Waals surface area contributed by atoms with Crippen LogP contribution in [0.25, 0.3) is 10.8 Å². The van der Waals surface area contributed by atoms with Crippen LogP contribution in [-0.4, -0.2) is 40.8 Å². The third-order valence-electron chi connectivity index (χ3n) is 4.47. The molecule has 0 radical (unpaired) electrons. The molecule has 1 heterocycles. The highest BCUT2D eigenvalue weighted by Gasteiger charge is 2.35. The molecule has 2 aromatic rings. The van der Waals surface area contributed by atoms with Crippen LogP contribution in [0.3, 0.4) is 0 Å². The van der Waals surface area contributed by atoms with Gasteiger partial charge >= 0.3 is 0 Å². The van der Waals surface area contributed by atoms with Gasteiger partial charge in [-0.2, -0.15) is 0 Å². The Morgan fingerprint density at radius 2 is 1.96 bits per heavy atom. The zero-order valence-electron chi connectivity index (χ0n) is 13.9. The van der Waals surface area contributed by atoms with Crippen LogP contribution >= 0.6 is 24.0 Å². The highest BCUT2D eigenvalue weighted by molar-refractivity contribution is 7.89. The van der Waals surface area contributed by atoms with Crippen LogP contribution in [0.4, 0.5) is 0 Å². The van der Waals surface area contributed by atoms with E-state index in [1.165, 1.54) is 0 Å². The standard InChI is InChI=1S/C17H21ClN2O3S.ClH/c1-23-12-17(9-4-10-19-17)11-20-24(21,22)16-8-7-15(18)13-5-2-3-6-14(13)16;/h2-3,5-8,19-20H,4,9-12H2,1H3;1H. The first-order valence-electron chi connectivity index (χ1n) is 7.88. The van der Waals surface area contributed by atoms with Gasteiger partial charge in [0.1, 0.15) is 0 Å². The van der Waals surface area contributed by atoms with E-state index in [2.05, 4.69) is 10.0 Å². The van der Waals surface area contributed by atoms with E-state index in [9.17, 15) is 8.42 Å². The first kappa shape index (κ1) is 20.4. The number of nitrogens with one attached hydrogen (secondary N) is 2. The Morgan fingerprint density at radius 3 is 2.60 bits per heavy atom. The molecule has 0 spiro atoms. The average Bonchev–Trinajstić information content (AvgIpc) is 3.03. The van der Waals surface area contributed by atoms with Gasteiger partial charge in [0.05, 0.1) is 17.0 Å². The number of rotatable bonds is 6. The largest absolute Gasteiger partial charge is 0.383 e. The van der Waals surface area contributed by atoms with Gasteiger partial charge in [-0.1, -0.05) is 35.9 Å². The molecule has 1 unspecified atom stereocenters. The van der Waals surface area contributed by atoms with Crippen molar-refractivity contribution in [2.24, 2.45) is 0 Å². The van der Waals surface area contributed by atoms with Crippen molar-refractivity contribution < 1.29 is 13.2 Å². The molecular formula is C17H22Cl2N2O3S. The van der Waals surface area contributed by atoms with Crippen molar-refractivity contribution in [2.45, 2.75) is 23.3 Å². The molecule has 1 atom stereocenters. The summed E-state index contributed by atoms with van der Waals surface area (Å²) >= 11 is 6.18. The van der Waals surface area contributed by atoms with Crippen LogP contribution < -0.4 is 10.0 Å². The van der Waals surface area contributed by atoms with E-state index < -0.39 is 10.0 Å². The Hall–Kier alpha value is -0.890. The number of halogens is 2. The molecule has 25 heavy (non-hydrogen) atoms.